The number of nitrogens with zero attached hydrogens (tertiary/aromatic N) is 6. The van der Waals surface area contributed by atoms with Crippen molar-refractivity contribution < 1.29 is 14.6 Å². The molecule has 222 valence electrons. The van der Waals surface area contributed by atoms with Crippen molar-refractivity contribution in [2.45, 2.75) is 51.5 Å². The number of aliphatic carboxylic acids is 1. The molecule has 42 heavy (non-hydrogen) atoms. The largest absolute Gasteiger partial charge is 0.491 e. The molecule has 0 aromatic carbocycles. The fraction of sp³-hybridized carbons (Fsp3) is 0.452. The van der Waals surface area contributed by atoms with Gasteiger partial charge in [0.05, 0.1) is 11.6 Å². The molecule has 11 nitrogen and oxygen atoms in total. The highest BCUT2D eigenvalue weighted by molar-refractivity contribution is 5.89. The van der Waals surface area contributed by atoms with Crippen LogP contribution in [0.1, 0.15) is 42.6 Å². The SMILES string of the molecule is Cc1ccc(OCCN(CCCCc2ccc3c(n2)NCCC3)CCC(Nc2ncnc3c2ccn3C)C(=O)O)cn1. The van der Waals surface area contributed by atoms with Gasteiger partial charge in [-0.05, 0) is 81.8 Å². The van der Waals surface area contributed by atoms with Crippen molar-refractivity contribution in [3.05, 3.63) is 66.0 Å². The predicted octanol–water partition coefficient (Wildman–Crippen LogP) is 4.08. The summed E-state index contributed by atoms with van der Waals surface area (Å²) < 4.78 is 7.84. The summed E-state index contributed by atoms with van der Waals surface area (Å²) in [6, 6.07) is 9.30. The number of hydrogen-bond donors (Lipinski definition) is 3. The molecule has 4 aromatic heterocycles. The third-order valence-corrected chi connectivity index (χ3v) is 7.67. The number of unbranched alkanes of at least 4 members (excludes halogenated alkanes) is 1. The molecule has 5 heterocycles. The standard InChI is InChI=1S/C31H40N8O3/c1-22-8-11-25(20-33-22)42-19-18-39(15-4-3-7-24-10-9-23-6-5-14-32-28(23)36-24)17-13-27(31(40)41)37-29-26-12-16-38(2)30(26)35-21-34-29/h8-12,16,20-21,27H,3-7,13-15,17-19H2,1-2H3,(H,32,36)(H,40,41)(H,34,35,37). The first-order valence-corrected chi connectivity index (χ1v) is 14.7. The zero-order chi connectivity index (χ0) is 29.3. The molecule has 1 unspecified atom stereocenters. The number of carboxylic acid groups (broad SMARTS) is 1. The van der Waals surface area contributed by atoms with Crippen LogP contribution in [0.15, 0.2) is 49.1 Å². The summed E-state index contributed by atoms with van der Waals surface area (Å²) in [7, 11) is 1.90. The summed E-state index contributed by atoms with van der Waals surface area (Å²) in [6.07, 6.45) is 10.6. The number of nitrogens with one attached hydrogen (secondary N) is 2. The lowest BCUT2D eigenvalue weighted by molar-refractivity contribution is -0.138. The molecule has 0 saturated heterocycles. The number of hydrogen-bond acceptors (Lipinski definition) is 9. The van der Waals surface area contributed by atoms with Crippen LogP contribution in [-0.2, 0) is 24.7 Å². The van der Waals surface area contributed by atoms with Crippen molar-refractivity contribution in [3.63, 3.8) is 0 Å². The smallest absolute Gasteiger partial charge is 0.326 e. The molecule has 0 radical (unpaired) electrons. The summed E-state index contributed by atoms with van der Waals surface area (Å²) >= 11 is 0. The quantitative estimate of drug-likeness (QED) is 0.179. The van der Waals surface area contributed by atoms with Gasteiger partial charge in [-0.3, -0.25) is 9.88 Å². The molecular formula is C31H40N8O3. The number of ether oxygens (including phenoxy) is 1. The van der Waals surface area contributed by atoms with Gasteiger partial charge in [0.15, 0.2) is 0 Å². The number of fused-ring (bicyclic) bond motifs is 2. The maximum absolute atomic E-state index is 12.2. The molecule has 1 aliphatic rings. The van der Waals surface area contributed by atoms with Crippen molar-refractivity contribution >= 4 is 28.6 Å². The van der Waals surface area contributed by atoms with Crippen molar-refractivity contribution in [1.29, 1.82) is 0 Å². The monoisotopic (exact) mass is 572 g/mol. The van der Waals surface area contributed by atoms with Gasteiger partial charge in [-0.15, -0.1) is 0 Å². The Hall–Kier alpha value is -4.25. The lowest BCUT2D eigenvalue weighted by atomic mass is 10.1. The Kier molecular flexibility index (Phi) is 9.81. The second-order valence-corrected chi connectivity index (χ2v) is 10.8. The number of aromatic nitrogens is 5. The van der Waals surface area contributed by atoms with Crippen LogP contribution < -0.4 is 15.4 Å². The van der Waals surface area contributed by atoms with E-state index in [-0.39, 0.29) is 0 Å². The van der Waals surface area contributed by atoms with E-state index in [4.69, 9.17) is 9.72 Å². The van der Waals surface area contributed by atoms with Crippen LogP contribution in [0.3, 0.4) is 0 Å². The average Bonchev–Trinajstić information content (AvgIpc) is 3.39. The Bertz CT molecular complexity index is 1470. The van der Waals surface area contributed by atoms with Gasteiger partial charge in [-0.1, -0.05) is 6.07 Å². The molecule has 5 rings (SSSR count). The minimum absolute atomic E-state index is 0.414. The number of rotatable bonds is 15. The normalized spacial score (nSPS) is 13.5. The van der Waals surface area contributed by atoms with Gasteiger partial charge in [0.25, 0.3) is 0 Å². The van der Waals surface area contributed by atoms with E-state index in [0.29, 0.717) is 31.9 Å². The Morgan fingerprint density at radius 2 is 2.05 bits per heavy atom. The molecule has 1 atom stereocenters. The van der Waals surface area contributed by atoms with E-state index in [0.717, 1.165) is 79.2 Å². The van der Waals surface area contributed by atoms with E-state index < -0.39 is 12.0 Å². The molecule has 0 aliphatic carbocycles. The second kappa shape index (κ2) is 14.1. The zero-order valence-corrected chi connectivity index (χ0v) is 24.4. The highest BCUT2D eigenvalue weighted by Gasteiger charge is 2.21. The first-order valence-electron chi connectivity index (χ1n) is 14.7. The number of aryl methyl sites for hydroxylation is 4. The molecule has 0 amide bonds. The van der Waals surface area contributed by atoms with E-state index >= 15 is 0 Å². The topological polar surface area (TPSA) is 130 Å². The molecule has 1 aliphatic heterocycles. The number of pyridine rings is 2. The van der Waals surface area contributed by atoms with Crippen molar-refractivity contribution in [2.24, 2.45) is 7.05 Å². The van der Waals surface area contributed by atoms with Crippen LogP contribution in [0.2, 0.25) is 0 Å². The van der Waals surface area contributed by atoms with E-state index in [1.54, 1.807) is 6.20 Å². The molecule has 0 fully saturated rings. The van der Waals surface area contributed by atoms with Crippen LogP contribution in [0.25, 0.3) is 11.0 Å². The predicted molar refractivity (Wildman–Crippen MR) is 163 cm³/mol. The molecule has 3 N–H and O–H groups in total. The lowest BCUT2D eigenvalue weighted by Crippen LogP contribution is -2.37. The second-order valence-electron chi connectivity index (χ2n) is 10.8. The Labute approximate surface area is 246 Å². The lowest BCUT2D eigenvalue weighted by Gasteiger charge is -2.25. The summed E-state index contributed by atoms with van der Waals surface area (Å²) in [4.78, 5) is 32.3. The van der Waals surface area contributed by atoms with Gasteiger partial charge >= 0.3 is 5.97 Å². The van der Waals surface area contributed by atoms with Crippen LogP contribution in [-0.4, -0.2) is 79.3 Å². The van der Waals surface area contributed by atoms with E-state index in [1.807, 2.05) is 42.9 Å². The van der Waals surface area contributed by atoms with E-state index in [1.165, 1.54) is 11.9 Å². The maximum atomic E-state index is 12.2. The van der Waals surface area contributed by atoms with Crippen LogP contribution in [0.4, 0.5) is 11.6 Å². The van der Waals surface area contributed by atoms with E-state index in [9.17, 15) is 9.90 Å². The van der Waals surface area contributed by atoms with Crippen LogP contribution in [0.5, 0.6) is 5.75 Å². The molecular weight excluding hydrogens is 532 g/mol. The molecule has 0 bridgehead atoms. The van der Waals surface area contributed by atoms with Gasteiger partial charge in [0, 0.05) is 44.3 Å². The zero-order valence-electron chi connectivity index (χ0n) is 24.4. The first-order chi connectivity index (χ1) is 20.5. The fourth-order valence-electron chi connectivity index (χ4n) is 5.24. The van der Waals surface area contributed by atoms with Crippen LogP contribution >= 0.6 is 0 Å². The minimum Gasteiger partial charge on any atom is -0.491 e. The summed E-state index contributed by atoms with van der Waals surface area (Å²) in [5.74, 6) is 1.38. The maximum Gasteiger partial charge on any atom is 0.326 e. The fourth-order valence-corrected chi connectivity index (χ4v) is 5.24. The van der Waals surface area contributed by atoms with Crippen molar-refractivity contribution in [2.75, 3.05) is 43.4 Å². The summed E-state index contributed by atoms with van der Waals surface area (Å²) in [6.45, 7) is 5.53. The van der Waals surface area contributed by atoms with Crippen LogP contribution in [0, 0.1) is 6.92 Å². The van der Waals surface area contributed by atoms with E-state index in [2.05, 4.69) is 42.6 Å². The highest BCUT2D eigenvalue weighted by atomic mass is 16.5. The molecule has 0 saturated carbocycles. The van der Waals surface area contributed by atoms with Gasteiger partial charge in [-0.25, -0.2) is 19.7 Å². The molecule has 0 spiro atoms. The Balaban J connectivity index is 1.17. The number of carboxylic acids is 1. The van der Waals surface area contributed by atoms with Gasteiger partial charge in [0.1, 0.15) is 42.0 Å². The Morgan fingerprint density at radius 3 is 2.88 bits per heavy atom. The van der Waals surface area contributed by atoms with Gasteiger partial charge < -0.3 is 25.0 Å². The Morgan fingerprint density at radius 1 is 1.14 bits per heavy atom. The third kappa shape index (κ3) is 7.73. The molecule has 11 heteroatoms. The van der Waals surface area contributed by atoms with Crippen molar-refractivity contribution in [3.8, 4) is 5.75 Å². The number of anilines is 2. The molecule has 4 aromatic rings. The number of carbonyl (C=O) groups is 1. The van der Waals surface area contributed by atoms with Gasteiger partial charge in [-0.2, -0.15) is 0 Å². The summed E-state index contributed by atoms with van der Waals surface area (Å²) in [5, 5.41) is 17.4. The minimum atomic E-state index is -0.910. The first kappa shape index (κ1) is 29.2. The van der Waals surface area contributed by atoms with Gasteiger partial charge in [0.2, 0.25) is 0 Å². The highest BCUT2D eigenvalue weighted by Crippen LogP contribution is 2.22. The van der Waals surface area contributed by atoms with Crippen molar-refractivity contribution in [1.82, 2.24) is 29.4 Å². The average molecular weight is 573 g/mol. The summed E-state index contributed by atoms with van der Waals surface area (Å²) in [5.41, 5.74) is 4.11. The third-order valence-electron chi connectivity index (χ3n) is 7.67.